The minimum Gasteiger partial charge on any atom is -0.480 e. The van der Waals surface area contributed by atoms with Crippen LogP contribution in [0.4, 0.5) is 0 Å². The molecule has 1 heterocycles. The number of hydrogen-bond acceptors (Lipinski definition) is 3. The van der Waals surface area contributed by atoms with E-state index >= 15 is 0 Å². The van der Waals surface area contributed by atoms with Gasteiger partial charge in [-0.1, -0.05) is 26.0 Å². The molecule has 0 aliphatic rings. The quantitative estimate of drug-likeness (QED) is 0.852. The van der Waals surface area contributed by atoms with Crippen molar-refractivity contribution in [2.24, 2.45) is 5.92 Å². The summed E-state index contributed by atoms with van der Waals surface area (Å²) in [7, 11) is 0. The first kappa shape index (κ1) is 17.7. The van der Waals surface area contributed by atoms with E-state index in [-0.39, 0.29) is 11.8 Å². The van der Waals surface area contributed by atoms with Crippen LogP contribution in [0.2, 0.25) is 0 Å². The second-order valence-corrected chi connectivity index (χ2v) is 6.32. The molecule has 1 atom stereocenters. The normalized spacial score (nSPS) is 12.2. The standard InChI is InChI=1S/C18H23N3O3/c1-11(2)16(18(23)24)19-17(22)15-7-5-14(6-8-15)10-21-13(4)9-12(3)20-21/h5-9,11,16H,10H2,1-4H3,(H,19,22)(H,23,24)/t16-/m1/s1. The number of carbonyl (C=O) groups excluding carboxylic acids is 1. The molecule has 128 valence electrons. The Hall–Kier alpha value is -2.63. The van der Waals surface area contributed by atoms with Crippen molar-refractivity contribution in [3.8, 4) is 0 Å². The van der Waals surface area contributed by atoms with Crippen molar-refractivity contribution in [1.82, 2.24) is 15.1 Å². The molecule has 0 spiro atoms. The molecule has 0 aliphatic carbocycles. The van der Waals surface area contributed by atoms with Gasteiger partial charge in [0.25, 0.3) is 5.91 Å². The molecule has 1 aromatic carbocycles. The van der Waals surface area contributed by atoms with Crippen LogP contribution in [0.15, 0.2) is 30.3 Å². The Kier molecular flexibility index (Phi) is 5.39. The van der Waals surface area contributed by atoms with Gasteiger partial charge in [0.15, 0.2) is 0 Å². The van der Waals surface area contributed by atoms with E-state index in [2.05, 4.69) is 10.4 Å². The summed E-state index contributed by atoms with van der Waals surface area (Å²) in [5.41, 5.74) is 3.52. The zero-order chi connectivity index (χ0) is 17.9. The van der Waals surface area contributed by atoms with Crippen LogP contribution in [0.5, 0.6) is 0 Å². The van der Waals surface area contributed by atoms with Crippen LogP contribution in [0.3, 0.4) is 0 Å². The van der Waals surface area contributed by atoms with Gasteiger partial charge in [0.05, 0.1) is 12.2 Å². The number of nitrogens with zero attached hydrogens (tertiary/aromatic N) is 2. The lowest BCUT2D eigenvalue weighted by Crippen LogP contribution is -2.44. The van der Waals surface area contributed by atoms with Crippen molar-refractivity contribution in [2.45, 2.75) is 40.3 Å². The fourth-order valence-electron chi connectivity index (χ4n) is 2.51. The molecule has 24 heavy (non-hydrogen) atoms. The zero-order valence-corrected chi connectivity index (χ0v) is 14.4. The first-order chi connectivity index (χ1) is 11.3. The third-order valence-electron chi connectivity index (χ3n) is 3.87. The van der Waals surface area contributed by atoms with Crippen LogP contribution in [-0.4, -0.2) is 32.8 Å². The minimum absolute atomic E-state index is 0.184. The molecule has 1 amide bonds. The largest absolute Gasteiger partial charge is 0.480 e. The summed E-state index contributed by atoms with van der Waals surface area (Å²) in [6.07, 6.45) is 0. The molecule has 0 saturated heterocycles. The molecule has 0 unspecified atom stereocenters. The second-order valence-electron chi connectivity index (χ2n) is 6.32. The molecule has 0 fully saturated rings. The van der Waals surface area contributed by atoms with Crippen LogP contribution in [-0.2, 0) is 11.3 Å². The molecular weight excluding hydrogens is 306 g/mol. The van der Waals surface area contributed by atoms with Gasteiger partial charge in [-0.05, 0) is 43.5 Å². The monoisotopic (exact) mass is 329 g/mol. The third-order valence-corrected chi connectivity index (χ3v) is 3.87. The minimum atomic E-state index is -1.03. The van der Waals surface area contributed by atoms with Crippen LogP contribution in [0, 0.1) is 19.8 Å². The average molecular weight is 329 g/mol. The van der Waals surface area contributed by atoms with E-state index in [9.17, 15) is 9.59 Å². The number of carbonyl (C=O) groups is 2. The summed E-state index contributed by atoms with van der Waals surface area (Å²) in [6.45, 7) is 8.10. The lowest BCUT2D eigenvalue weighted by molar-refractivity contribution is -0.140. The lowest BCUT2D eigenvalue weighted by Gasteiger charge is -2.18. The fourth-order valence-corrected chi connectivity index (χ4v) is 2.51. The van der Waals surface area contributed by atoms with Crippen molar-refractivity contribution >= 4 is 11.9 Å². The number of aryl methyl sites for hydroxylation is 2. The number of rotatable bonds is 6. The topological polar surface area (TPSA) is 84.2 Å². The molecule has 0 radical (unpaired) electrons. The molecule has 2 aromatic rings. The van der Waals surface area contributed by atoms with E-state index in [4.69, 9.17) is 5.11 Å². The van der Waals surface area contributed by atoms with Gasteiger partial charge in [-0.25, -0.2) is 4.79 Å². The number of aromatic nitrogens is 2. The SMILES string of the molecule is Cc1cc(C)n(Cc2ccc(C(=O)N[C@@H](C(=O)O)C(C)C)cc2)n1. The van der Waals surface area contributed by atoms with Crippen molar-refractivity contribution in [3.05, 3.63) is 52.8 Å². The van der Waals surface area contributed by atoms with Crippen molar-refractivity contribution in [2.75, 3.05) is 0 Å². The van der Waals surface area contributed by atoms with Gasteiger partial charge in [0, 0.05) is 11.3 Å². The first-order valence-electron chi connectivity index (χ1n) is 7.91. The maximum Gasteiger partial charge on any atom is 0.326 e. The number of nitrogens with one attached hydrogen (secondary N) is 1. The van der Waals surface area contributed by atoms with Crippen molar-refractivity contribution < 1.29 is 14.7 Å². The van der Waals surface area contributed by atoms with Gasteiger partial charge < -0.3 is 10.4 Å². The van der Waals surface area contributed by atoms with Crippen LogP contribution < -0.4 is 5.32 Å². The van der Waals surface area contributed by atoms with Gasteiger partial charge in [0.1, 0.15) is 6.04 Å². The number of hydrogen-bond donors (Lipinski definition) is 2. The van der Waals surface area contributed by atoms with Crippen LogP contribution >= 0.6 is 0 Å². The summed E-state index contributed by atoms with van der Waals surface area (Å²) in [5, 5.41) is 16.1. The second kappa shape index (κ2) is 7.29. The number of benzene rings is 1. The number of carboxylic acids is 1. The van der Waals surface area contributed by atoms with E-state index in [1.165, 1.54) is 0 Å². The summed E-state index contributed by atoms with van der Waals surface area (Å²) < 4.78 is 1.91. The van der Waals surface area contributed by atoms with E-state index in [0.717, 1.165) is 17.0 Å². The maximum atomic E-state index is 12.2. The molecule has 1 aromatic heterocycles. The summed E-state index contributed by atoms with van der Waals surface area (Å²) >= 11 is 0. The Balaban J connectivity index is 2.07. The zero-order valence-electron chi connectivity index (χ0n) is 14.4. The van der Waals surface area contributed by atoms with Crippen LogP contribution in [0.1, 0.15) is 41.2 Å². The summed E-state index contributed by atoms with van der Waals surface area (Å²) in [5.74, 6) is -1.59. The van der Waals surface area contributed by atoms with Gasteiger partial charge in [-0.2, -0.15) is 5.10 Å². The molecule has 0 aliphatic heterocycles. The lowest BCUT2D eigenvalue weighted by atomic mass is 10.0. The molecule has 6 nitrogen and oxygen atoms in total. The van der Waals surface area contributed by atoms with Gasteiger partial charge >= 0.3 is 5.97 Å². The highest BCUT2D eigenvalue weighted by atomic mass is 16.4. The molecular formula is C18H23N3O3. The molecule has 2 N–H and O–H groups in total. The van der Waals surface area contributed by atoms with E-state index in [1.807, 2.05) is 36.7 Å². The smallest absolute Gasteiger partial charge is 0.326 e. The van der Waals surface area contributed by atoms with E-state index < -0.39 is 12.0 Å². The Bertz CT molecular complexity index is 732. The van der Waals surface area contributed by atoms with Crippen LogP contribution in [0.25, 0.3) is 0 Å². The Morgan fingerprint density at radius 3 is 2.29 bits per heavy atom. The average Bonchev–Trinajstić information content (AvgIpc) is 2.82. The predicted molar refractivity (Wildman–Crippen MR) is 91.0 cm³/mol. The Labute approximate surface area is 141 Å². The highest BCUT2D eigenvalue weighted by molar-refractivity contribution is 5.96. The molecule has 0 bridgehead atoms. The number of carboxylic acid groups (broad SMARTS) is 1. The molecule has 2 rings (SSSR count). The van der Waals surface area contributed by atoms with Gasteiger partial charge in [0.2, 0.25) is 0 Å². The van der Waals surface area contributed by atoms with E-state index in [1.54, 1.807) is 26.0 Å². The Morgan fingerprint density at radius 1 is 1.21 bits per heavy atom. The van der Waals surface area contributed by atoms with Gasteiger partial charge in [-0.3, -0.25) is 9.48 Å². The number of amides is 1. The predicted octanol–water partition coefficient (Wildman–Crippen LogP) is 2.39. The Morgan fingerprint density at radius 2 is 1.83 bits per heavy atom. The van der Waals surface area contributed by atoms with Crippen molar-refractivity contribution in [1.29, 1.82) is 0 Å². The number of aliphatic carboxylic acids is 1. The third kappa shape index (κ3) is 4.22. The highest BCUT2D eigenvalue weighted by Gasteiger charge is 2.23. The van der Waals surface area contributed by atoms with Crippen molar-refractivity contribution in [3.63, 3.8) is 0 Å². The fraction of sp³-hybridized carbons (Fsp3) is 0.389. The van der Waals surface area contributed by atoms with Gasteiger partial charge in [-0.15, -0.1) is 0 Å². The highest BCUT2D eigenvalue weighted by Crippen LogP contribution is 2.10. The first-order valence-corrected chi connectivity index (χ1v) is 7.91. The maximum absolute atomic E-state index is 12.2. The summed E-state index contributed by atoms with van der Waals surface area (Å²) in [4.78, 5) is 23.4. The van der Waals surface area contributed by atoms with E-state index in [0.29, 0.717) is 12.1 Å². The molecule has 0 saturated carbocycles. The summed E-state index contributed by atoms with van der Waals surface area (Å²) in [6, 6.07) is 8.24. The molecule has 6 heteroatoms.